The molecule has 5 heteroatoms. The third-order valence-corrected chi connectivity index (χ3v) is 1.09. The van der Waals surface area contributed by atoms with E-state index in [4.69, 9.17) is 0 Å². The molecule has 0 bridgehead atoms. The van der Waals surface area contributed by atoms with Crippen LogP contribution in [-0.4, -0.2) is 44.3 Å². The topological polar surface area (TPSA) is 30.7 Å². The quantitative estimate of drug-likeness (QED) is 0.386. The molecule has 0 unspecified atom stereocenters. The Morgan fingerprint density at radius 1 is 1.75 bits per heavy atom. The van der Waals surface area contributed by atoms with E-state index in [-0.39, 0.29) is 29.6 Å². The second kappa shape index (κ2) is 3.50. The minimum absolute atomic E-state index is 0. The van der Waals surface area contributed by atoms with Crippen LogP contribution in [0.5, 0.6) is 0 Å². The van der Waals surface area contributed by atoms with Crippen molar-refractivity contribution in [2.45, 2.75) is 5.16 Å². The molecule has 0 amide bonds. The van der Waals surface area contributed by atoms with E-state index in [1.807, 2.05) is 7.05 Å². The van der Waals surface area contributed by atoms with E-state index in [0.29, 0.717) is 5.16 Å². The summed E-state index contributed by atoms with van der Waals surface area (Å²) in [4.78, 5) is 0. The Kier molecular flexibility index (Phi) is 3.72. The fourth-order valence-corrected chi connectivity index (χ4v) is 0.380. The average Bonchev–Trinajstić information content (AvgIpc) is 1.91. The first-order chi connectivity index (χ1) is 3.30. The van der Waals surface area contributed by atoms with Crippen LogP contribution >= 0.6 is 12.6 Å². The Bertz CT molecular complexity index is 147. The molecule has 0 N–H and O–H groups in total. The van der Waals surface area contributed by atoms with E-state index in [1.54, 1.807) is 10.9 Å². The summed E-state index contributed by atoms with van der Waals surface area (Å²) in [6, 6.07) is 0. The van der Waals surface area contributed by atoms with Gasteiger partial charge in [-0.05, 0) is 0 Å². The molecule has 1 aromatic heterocycles. The standard InChI is InChI=1S/C3H5N3S.Na.H/c1-6-2-4-5-3(6)7;;/h2H,1H3,(H,5,7);;. The van der Waals surface area contributed by atoms with Crippen LogP contribution in [-0.2, 0) is 7.05 Å². The maximum atomic E-state index is 3.94. The van der Waals surface area contributed by atoms with Crippen molar-refractivity contribution in [3.63, 3.8) is 0 Å². The summed E-state index contributed by atoms with van der Waals surface area (Å²) in [6.45, 7) is 0. The van der Waals surface area contributed by atoms with E-state index < -0.39 is 0 Å². The van der Waals surface area contributed by atoms with Crippen LogP contribution in [0.1, 0.15) is 0 Å². The van der Waals surface area contributed by atoms with Crippen molar-refractivity contribution in [1.29, 1.82) is 0 Å². The second-order valence-corrected chi connectivity index (χ2v) is 1.64. The van der Waals surface area contributed by atoms with E-state index in [1.165, 1.54) is 0 Å². The number of aryl methyl sites for hydroxylation is 1. The first-order valence-electron chi connectivity index (χ1n) is 1.83. The van der Waals surface area contributed by atoms with Gasteiger partial charge in [-0.2, -0.15) is 0 Å². The zero-order valence-corrected chi connectivity index (χ0v) is 4.76. The van der Waals surface area contributed by atoms with Crippen molar-refractivity contribution in [2.24, 2.45) is 7.05 Å². The fraction of sp³-hybridized carbons (Fsp3) is 0.333. The molecule has 0 fully saturated rings. The zero-order chi connectivity index (χ0) is 5.28. The Balaban J connectivity index is 0.000000490. The first kappa shape index (κ1) is 8.49. The van der Waals surface area contributed by atoms with Crippen molar-refractivity contribution in [1.82, 2.24) is 14.8 Å². The summed E-state index contributed by atoms with van der Waals surface area (Å²) in [5, 5.41) is 7.79. The zero-order valence-electron chi connectivity index (χ0n) is 3.87. The van der Waals surface area contributed by atoms with Crippen molar-refractivity contribution in [2.75, 3.05) is 0 Å². The summed E-state index contributed by atoms with van der Waals surface area (Å²) < 4.78 is 1.73. The summed E-state index contributed by atoms with van der Waals surface area (Å²) in [6.07, 6.45) is 1.60. The van der Waals surface area contributed by atoms with Crippen molar-refractivity contribution < 1.29 is 0 Å². The molecule has 0 radical (unpaired) electrons. The van der Waals surface area contributed by atoms with Gasteiger partial charge < -0.3 is 4.57 Å². The molecule has 0 spiro atoms. The number of hydrogen-bond acceptors (Lipinski definition) is 3. The molecular weight excluding hydrogens is 133 g/mol. The van der Waals surface area contributed by atoms with Crippen LogP contribution < -0.4 is 0 Å². The normalized spacial score (nSPS) is 8.25. The van der Waals surface area contributed by atoms with Crippen LogP contribution in [0.2, 0.25) is 0 Å². The van der Waals surface area contributed by atoms with Gasteiger partial charge in [0.25, 0.3) is 0 Å². The second-order valence-electron chi connectivity index (χ2n) is 1.24. The molecule has 0 saturated heterocycles. The van der Waals surface area contributed by atoms with Gasteiger partial charge in [0.15, 0.2) is 5.16 Å². The van der Waals surface area contributed by atoms with Crippen LogP contribution in [0.15, 0.2) is 11.5 Å². The van der Waals surface area contributed by atoms with Gasteiger partial charge >= 0.3 is 29.6 Å². The SMILES string of the molecule is Cn1cnnc1S.[NaH]. The van der Waals surface area contributed by atoms with Gasteiger partial charge in [0.1, 0.15) is 6.33 Å². The molecule has 0 aliphatic heterocycles. The van der Waals surface area contributed by atoms with Gasteiger partial charge in [-0.1, -0.05) is 0 Å². The van der Waals surface area contributed by atoms with Crippen molar-refractivity contribution >= 4 is 42.2 Å². The van der Waals surface area contributed by atoms with E-state index >= 15 is 0 Å². The number of rotatable bonds is 0. The molecule has 1 rings (SSSR count). The number of aromatic nitrogens is 3. The minimum atomic E-state index is 0. The molecule has 8 heavy (non-hydrogen) atoms. The average molecular weight is 139 g/mol. The Morgan fingerprint density at radius 2 is 2.38 bits per heavy atom. The van der Waals surface area contributed by atoms with Crippen molar-refractivity contribution in [3.05, 3.63) is 6.33 Å². The fourth-order valence-electron chi connectivity index (χ4n) is 0.277. The molecule has 0 aromatic carbocycles. The van der Waals surface area contributed by atoms with Crippen LogP contribution in [0, 0.1) is 0 Å². The van der Waals surface area contributed by atoms with Crippen LogP contribution in [0.4, 0.5) is 0 Å². The summed E-state index contributed by atoms with van der Waals surface area (Å²) >= 11 is 3.94. The van der Waals surface area contributed by atoms with E-state index in [9.17, 15) is 0 Å². The molecule has 1 aromatic rings. The Hall–Kier alpha value is 0.490. The summed E-state index contributed by atoms with van der Waals surface area (Å²) in [7, 11) is 1.84. The van der Waals surface area contributed by atoms with Gasteiger partial charge in [-0.3, -0.25) is 0 Å². The van der Waals surface area contributed by atoms with Gasteiger partial charge in [-0.25, -0.2) is 0 Å². The third kappa shape index (κ3) is 1.78. The molecule has 0 atom stereocenters. The monoisotopic (exact) mass is 139 g/mol. The van der Waals surface area contributed by atoms with Gasteiger partial charge in [0.2, 0.25) is 0 Å². The van der Waals surface area contributed by atoms with Gasteiger partial charge in [-0.15, -0.1) is 22.8 Å². The molecule has 1 heterocycles. The molecule has 0 saturated carbocycles. The molecule has 0 aliphatic carbocycles. The Morgan fingerprint density at radius 3 is 2.50 bits per heavy atom. The van der Waals surface area contributed by atoms with E-state index in [2.05, 4.69) is 22.8 Å². The van der Waals surface area contributed by atoms with E-state index in [0.717, 1.165) is 0 Å². The summed E-state index contributed by atoms with van der Waals surface area (Å²) in [5.41, 5.74) is 0. The Labute approximate surface area is 75.2 Å². The first-order valence-corrected chi connectivity index (χ1v) is 2.28. The molecule has 40 valence electrons. The van der Waals surface area contributed by atoms with Gasteiger partial charge in [0, 0.05) is 7.05 Å². The molecule has 3 nitrogen and oxygen atoms in total. The summed E-state index contributed by atoms with van der Waals surface area (Å²) in [5.74, 6) is 0. The van der Waals surface area contributed by atoms with Crippen molar-refractivity contribution in [3.8, 4) is 0 Å². The number of nitrogens with zero attached hydrogens (tertiary/aromatic N) is 3. The molecule has 0 aliphatic rings. The van der Waals surface area contributed by atoms with Gasteiger partial charge in [0.05, 0.1) is 0 Å². The predicted molar refractivity (Wildman–Crippen MR) is 35.4 cm³/mol. The third-order valence-electron chi connectivity index (χ3n) is 0.687. The maximum absolute atomic E-state index is 3.94. The van der Waals surface area contributed by atoms with Crippen LogP contribution in [0.25, 0.3) is 0 Å². The predicted octanol–water partition coefficient (Wildman–Crippen LogP) is -0.545. The number of thiol groups is 1. The van der Waals surface area contributed by atoms with Crippen LogP contribution in [0.3, 0.4) is 0 Å². The number of hydrogen-bond donors (Lipinski definition) is 1. The molecular formula is C3H6N3NaS.